The summed E-state index contributed by atoms with van der Waals surface area (Å²) in [6, 6.07) is 10.3. The lowest BCUT2D eigenvalue weighted by Crippen LogP contribution is -2.36. The first-order valence-corrected chi connectivity index (χ1v) is 7.24. The van der Waals surface area contributed by atoms with Gasteiger partial charge in [-0.1, -0.05) is 18.2 Å². The molecule has 0 amide bonds. The largest absolute Gasteiger partial charge is 0.378 e. The van der Waals surface area contributed by atoms with E-state index in [0.717, 1.165) is 26.3 Å². The fourth-order valence-electron chi connectivity index (χ4n) is 2.50. The van der Waals surface area contributed by atoms with Crippen molar-refractivity contribution in [3.8, 4) is 6.07 Å². The third kappa shape index (κ3) is 3.15. The van der Waals surface area contributed by atoms with Crippen molar-refractivity contribution in [3.63, 3.8) is 0 Å². The number of nitrogens with zero attached hydrogens (tertiary/aromatic N) is 4. The van der Waals surface area contributed by atoms with E-state index in [1.807, 2.05) is 18.2 Å². The lowest BCUT2D eigenvalue weighted by molar-refractivity contribution is 0.122. The minimum absolute atomic E-state index is 0.311. The molecule has 6 heteroatoms. The van der Waals surface area contributed by atoms with Crippen LogP contribution in [-0.4, -0.2) is 36.3 Å². The highest BCUT2D eigenvalue weighted by atomic mass is 16.5. The molecule has 1 aliphatic rings. The molecule has 0 atom stereocenters. The first-order chi connectivity index (χ1) is 10.9. The standard InChI is InChI=1S/C16H17N5O/c17-11-14-16(19-6-5-18-14)20-12-13-3-1-2-4-15(13)21-7-9-22-10-8-21/h1-6H,7-10,12H2,(H,19,20). The first kappa shape index (κ1) is 14.3. The molecule has 1 aliphatic heterocycles. The summed E-state index contributed by atoms with van der Waals surface area (Å²) in [6.07, 6.45) is 3.10. The van der Waals surface area contributed by atoms with Gasteiger partial charge in [-0.3, -0.25) is 0 Å². The van der Waals surface area contributed by atoms with Gasteiger partial charge >= 0.3 is 0 Å². The Morgan fingerprint density at radius 1 is 1.18 bits per heavy atom. The second kappa shape index (κ2) is 6.87. The summed E-state index contributed by atoms with van der Waals surface area (Å²) in [7, 11) is 0. The molecule has 1 aromatic carbocycles. The van der Waals surface area contributed by atoms with Crippen LogP contribution in [0.25, 0.3) is 0 Å². The SMILES string of the molecule is N#Cc1nccnc1NCc1ccccc1N1CCOCC1. The molecule has 1 saturated heterocycles. The van der Waals surface area contributed by atoms with Gasteiger partial charge in [-0.25, -0.2) is 9.97 Å². The van der Waals surface area contributed by atoms with Gasteiger partial charge in [0.15, 0.2) is 11.5 Å². The van der Waals surface area contributed by atoms with Gasteiger partial charge in [-0.05, 0) is 11.6 Å². The van der Waals surface area contributed by atoms with E-state index in [2.05, 4.69) is 32.3 Å². The second-order valence-electron chi connectivity index (χ2n) is 4.95. The predicted octanol–water partition coefficient (Wildman–Crippen LogP) is 1.80. The van der Waals surface area contributed by atoms with Crippen molar-refractivity contribution in [2.45, 2.75) is 6.54 Å². The van der Waals surface area contributed by atoms with Crippen molar-refractivity contribution < 1.29 is 4.74 Å². The minimum atomic E-state index is 0.311. The number of nitriles is 1. The summed E-state index contributed by atoms with van der Waals surface area (Å²) < 4.78 is 5.41. The average molecular weight is 295 g/mol. The van der Waals surface area contributed by atoms with Crippen LogP contribution in [0.4, 0.5) is 11.5 Å². The van der Waals surface area contributed by atoms with Crippen LogP contribution in [-0.2, 0) is 11.3 Å². The van der Waals surface area contributed by atoms with E-state index in [0.29, 0.717) is 18.1 Å². The molecule has 1 aromatic heterocycles. The Labute approximate surface area is 129 Å². The van der Waals surface area contributed by atoms with Crippen molar-refractivity contribution in [3.05, 3.63) is 47.9 Å². The minimum Gasteiger partial charge on any atom is -0.378 e. The topological polar surface area (TPSA) is 74.1 Å². The van der Waals surface area contributed by atoms with Crippen LogP contribution in [0.2, 0.25) is 0 Å². The van der Waals surface area contributed by atoms with Crippen LogP contribution in [0, 0.1) is 11.3 Å². The lowest BCUT2D eigenvalue weighted by atomic mass is 10.1. The first-order valence-electron chi connectivity index (χ1n) is 7.24. The molecule has 0 unspecified atom stereocenters. The highest BCUT2D eigenvalue weighted by Gasteiger charge is 2.14. The summed E-state index contributed by atoms with van der Waals surface area (Å²) in [6.45, 7) is 3.90. The van der Waals surface area contributed by atoms with E-state index < -0.39 is 0 Å². The van der Waals surface area contributed by atoms with E-state index in [-0.39, 0.29) is 0 Å². The second-order valence-corrected chi connectivity index (χ2v) is 4.95. The quantitative estimate of drug-likeness (QED) is 0.927. The number of benzene rings is 1. The van der Waals surface area contributed by atoms with Crippen molar-refractivity contribution in [1.82, 2.24) is 9.97 Å². The Bertz CT molecular complexity index is 676. The molecule has 1 fully saturated rings. The number of hydrogen-bond acceptors (Lipinski definition) is 6. The maximum absolute atomic E-state index is 9.06. The molecule has 6 nitrogen and oxygen atoms in total. The number of morpholine rings is 1. The number of nitrogens with one attached hydrogen (secondary N) is 1. The Morgan fingerprint density at radius 2 is 1.95 bits per heavy atom. The molecular formula is C16H17N5O. The molecule has 1 N–H and O–H groups in total. The van der Waals surface area contributed by atoms with Crippen LogP contribution in [0.1, 0.15) is 11.3 Å². The molecule has 22 heavy (non-hydrogen) atoms. The average Bonchev–Trinajstić information content (AvgIpc) is 2.61. The molecule has 3 rings (SSSR count). The molecule has 0 radical (unpaired) electrons. The third-order valence-electron chi connectivity index (χ3n) is 3.59. The summed E-state index contributed by atoms with van der Waals surface area (Å²) in [5, 5.41) is 12.3. The van der Waals surface area contributed by atoms with Gasteiger partial charge in [0.1, 0.15) is 6.07 Å². The van der Waals surface area contributed by atoms with Gasteiger partial charge in [0.05, 0.1) is 13.2 Å². The van der Waals surface area contributed by atoms with Gasteiger partial charge in [0.25, 0.3) is 0 Å². The number of aromatic nitrogens is 2. The maximum atomic E-state index is 9.06. The summed E-state index contributed by atoms with van der Waals surface area (Å²) in [4.78, 5) is 10.5. The highest BCUT2D eigenvalue weighted by molar-refractivity contribution is 5.56. The van der Waals surface area contributed by atoms with Gasteiger partial charge < -0.3 is 15.0 Å². The normalized spacial score (nSPS) is 14.4. The zero-order valence-electron chi connectivity index (χ0n) is 12.2. The molecule has 112 valence electrons. The fraction of sp³-hybridized carbons (Fsp3) is 0.312. The highest BCUT2D eigenvalue weighted by Crippen LogP contribution is 2.22. The van der Waals surface area contributed by atoms with E-state index in [1.54, 1.807) is 6.20 Å². The van der Waals surface area contributed by atoms with Gasteiger partial charge in [-0.15, -0.1) is 0 Å². The molecule has 2 heterocycles. The van der Waals surface area contributed by atoms with Crippen molar-refractivity contribution in [2.75, 3.05) is 36.5 Å². The van der Waals surface area contributed by atoms with E-state index >= 15 is 0 Å². The Morgan fingerprint density at radius 3 is 2.77 bits per heavy atom. The zero-order chi connectivity index (χ0) is 15.2. The Kier molecular flexibility index (Phi) is 4.47. The van der Waals surface area contributed by atoms with Crippen LogP contribution in [0.15, 0.2) is 36.7 Å². The number of hydrogen-bond donors (Lipinski definition) is 1. The number of para-hydroxylation sites is 1. The van der Waals surface area contributed by atoms with Crippen LogP contribution in [0.5, 0.6) is 0 Å². The van der Waals surface area contributed by atoms with Crippen LogP contribution < -0.4 is 10.2 Å². The van der Waals surface area contributed by atoms with Crippen molar-refractivity contribution in [2.24, 2.45) is 0 Å². The fourth-order valence-corrected chi connectivity index (χ4v) is 2.50. The van der Waals surface area contributed by atoms with E-state index in [9.17, 15) is 0 Å². The number of anilines is 2. The van der Waals surface area contributed by atoms with E-state index in [4.69, 9.17) is 10.00 Å². The van der Waals surface area contributed by atoms with Gasteiger partial charge in [0.2, 0.25) is 0 Å². The van der Waals surface area contributed by atoms with Crippen molar-refractivity contribution in [1.29, 1.82) is 5.26 Å². The molecule has 0 bridgehead atoms. The Balaban J connectivity index is 1.76. The smallest absolute Gasteiger partial charge is 0.182 e. The summed E-state index contributed by atoms with van der Waals surface area (Å²) in [5.41, 5.74) is 2.67. The number of ether oxygens (including phenoxy) is 1. The Hall–Kier alpha value is -2.65. The molecule has 0 aliphatic carbocycles. The van der Waals surface area contributed by atoms with Crippen molar-refractivity contribution >= 4 is 11.5 Å². The molecule has 0 spiro atoms. The third-order valence-corrected chi connectivity index (χ3v) is 3.59. The monoisotopic (exact) mass is 295 g/mol. The lowest BCUT2D eigenvalue weighted by Gasteiger charge is -2.30. The maximum Gasteiger partial charge on any atom is 0.182 e. The van der Waals surface area contributed by atoms with Gasteiger partial charge in [0, 0.05) is 37.7 Å². The molecular weight excluding hydrogens is 278 g/mol. The summed E-state index contributed by atoms with van der Waals surface area (Å²) >= 11 is 0. The predicted molar refractivity (Wildman–Crippen MR) is 83.5 cm³/mol. The number of rotatable bonds is 4. The molecule has 2 aromatic rings. The van der Waals surface area contributed by atoms with Crippen LogP contribution >= 0.6 is 0 Å². The zero-order valence-corrected chi connectivity index (χ0v) is 12.2. The summed E-state index contributed by atoms with van der Waals surface area (Å²) in [5.74, 6) is 0.516. The van der Waals surface area contributed by atoms with Gasteiger partial charge in [-0.2, -0.15) is 5.26 Å². The molecule has 0 saturated carbocycles. The van der Waals surface area contributed by atoms with E-state index in [1.165, 1.54) is 17.4 Å². The van der Waals surface area contributed by atoms with Crippen LogP contribution in [0.3, 0.4) is 0 Å².